The monoisotopic (exact) mass is 564 g/mol. The first-order chi connectivity index (χ1) is 19.2. The number of primary amides is 1. The molecular weight excluding hydrogens is 528 g/mol. The summed E-state index contributed by atoms with van der Waals surface area (Å²) in [6.45, 7) is 2.37. The zero-order valence-electron chi connectivity index (χ0n) is 23.1. The van der Waals surface area contributed by atoms with Crippen LogP contribution in [0.25, 0.3) is 0 Å². The molecule has 1 fully saturated rings. The molecule has 11 heteroatoms. The number of nitrogens with zero attached hydrogens (tertiary/aromatic N) is 3. The summed E-state index contributed by atoms with van der Waals surface area (Å²) in [5.74, 6) is -1.06. The molecule has 1 aliphatic carbocycles. The van der Waals surface area contributed by atoms with E-state index in [4.69, 9.17) is 16.2 Å². The minimum absolute atomic E-state index is 0.0250. The zero-order chi connectivity index (χ0) is 28.8. The fraction of sp³-hybridized carbons (Fsp3) is 0.379. The lowest BCUT2D eigenvalue weighted by molar-refractivity contribution is -0.123. The van der Waals surface area contributed by atoms with E-state index in [1.807, 2.05) is 50.2 Å². The molecule has 5 N–H and O–H groups in total. The smallest absolute Gasteiger partial charge is 0.273 e. The number of amides is 3. The number of nitrogens with one attached hydrogen (secondary N) is 1. The van der Waals surface area contributed by atoms with Gasteiger partial charge in [0.1, 0.15) is 16.7 Å². The largest absolute Gasteiger partial charge is 0.494 e. The maximum absolute atomic E-state index is 14.2. The van der Waals surface area contributed by atoms with Crippen LogP contribution in [0.3, 0.4) is 0 Å². The van der Waals surface area contributed by atoms with Gasteiger partial charge in [-0.05, 0) is 73.3 Å². The van der Waals surface area contributed by atoms with Gasteiger partial charge in [-0.2, -0.15) is 4.37 Å². The Morgan fingerprint density at radius 1 is 1.02 bits per heavy atom. The Kier molecular flexibility index (Phi) is 9.26. The lowest BCUT2D eigenvalue weighted by atomic mass is 9.94. The van der Waals surface area contributed by atoms with Crippen LogP contribution < -0.4 is 31.3 Å². The summed E-state index contributed by atoms with van der Waals surface area (Å²) in [6.07, 6.45) is 5.01. The van der Waals surface area contributed by atoms with E-state index in [0.717, 1.165) is 49.3 Å². The van der Waals surface area contributed by atoms with E-state index < -0.39 is 17.9 Å². The second-order valence-electron chi connectivity index (χ2n) is 9.97. The van der Waals surface area contributed by atoms with Crippen molar-refractivity contribution >= 4 is 46.3 Å². The van der Waals surface area contributed by atoms with E-state index in [1.165, 1.54) is 4.90 Å². The molecule has 4 rings (SSSR count). The minimum Gasteiger partial charge on any atom is -0.494 e. The number of carbonyl (C=O) groups is 3. The predicted molar refractivity (Wildman–Crippen MR) is 158 cm³/mol. The van der Waals surface area contributed by atoms with Crippen LogP contribution in [0, 0.1) is 0 Å². The van der Waals surface area contributed by atoms with Crippen molar-refractivity contribution in [2.45, 2.75) is 51.1 Å². The first-order valence-electron chi connectivity index (χ1n) is 13.4. The number of rotatable bonds is 10. The molecule has 1 heterocycles. The number of carbonyl (C=O) groups excluding carboxylic acids is 3. The Hall–Kier alpha value is -4.12. The Morgan fingerprint density at radius 3 is 2.20 bits per heavy atom. The van der Waals surface area contributed by atoms with Gasteiger partial charge in [0.05, 0.1) is 12.3 Å². The van der Waals surface area contributed by atoms with Crippen molar-refractivity contribution in [3.8, 4) is 5.75 Å². The normalized spacial score (nSPS) is 14.3. The number of hydrogen-bond acceptors (Lipinski definition) is 8. The van der Waals surface area contributed by atoms with Crippen LogP contribution in [-0.4, -0.2) is 48.8 Å². The highest BCUT2D eigenvalue weighted by atomic mass is 32.1. The van der Waals surface area contributed by atoms with Crippen LogP contribution in [0.15, 0.2) is 48.5 Å². The molecule has 212 valence electrons. The standard InChI is InChI=1S/C29H36N6O4S/c1-4-39-22-16-14-21(15-17-22)35(29(38)26-23(30)24(27(31)36)33-40-26)25(18-10-12-20(13-11-18)34(2)3)28(37)32-19-8-6-5-7-9-19/h10-17,19,25H,4-9,30H2,1-3H3,(H2,31,36)(H,32,37)/t25-/m0/s1. The highest BCUT2D eigenvalue weighted by molar-refractivity contribution is 7.09. The molecule has 0 radical (unpaired) electrons. The number of nitrogens with two attached hydrogens (primary N) is 2. The number of aromatic nitrogens is 1. The molecule has 1 aliphatic rings. The average Bonchev–Trinajstić information content (AvgIpc) is 3.34. The summed E-state index contributed by atoms with van der Waals surface area (Å²) in [5, 5.41) is 3.20. The fourth-order valence-electron chi connectivity index (χ4n) is 4.89. The fourth-order valence-corrected chi connectivity index (χ4v) is 5.63. The molecule has 10 nitrogen and oxygen atoms in total. The van der Waals surface area contributed by atoms with Crippen LogP contribution in [0.1, 0.15) is 70.8 Å². The molecule has 1 atom stereocenters. The first kappa shape index (κ1) is 28.9. The quantitative estimate of drug-likeness (QED) is 0.336. The summed E-state index contributed by atoms with van der Waals surface area (Å²) >= 11 is 0.783. The third-order valence-electron chi connectivity index (χ3n) is 6.98. The van der Waals surface area contributed by atoms with Gasteiger partial charge >= 0.3 is 0 Å². The van der Waals surface area contributed by atoms with Gasteiger partial charge in [0.2, 0.25) is 5.91 Å². The second-order valence-corrected chi connectivity index (χ2v) is 10.7. The Morgan fingerprint density at radius 2 is 1.65 bits per heavy atom. The van der Waals surface area contributed by atoms with Crippen molar-refractivity contribution < 1.29 is 19.1 Å². The van der Waals surface area contributed by atoms with Gasteiger partial charge in [0.15, 0.2) is 5.69 Å². The van der Waals surface area contributed by atoms with E-state index >= 15 is 0 Å². The van der Waals surface area contributed by atoms with E-state index in [0.29, 0.717) is 23.6 Å². The predicted octanol–water partition coefficient (Wildman–Crippen LogP) is 4.13. The summed E-state index contributed by atoms with van der Waals surface area (Å²) in [6, 6.07) is 13.4. The molecule has 1 saturated carbocycles. The molecule has 0 saturated heterocycles. The average molecular weight is 565 g/mol. The molecule has 1 aromatic heterocycles. The van der Waals surface area contributed by atoms with E-state index in [2.05, 4.69) is 9.69 Å². The van der Waals surface area contributed by atoms with Crippen LogP contribution in [-0.2, 0) is 4.79 Å². The van der Waals surface area contributed by atoms with Gasteiger partial charge in [-0.3, -0.25) is 19.3 Å². The summed E-state index contributed by atoms with van der Waals surface area (Å²) in [7, 11) is 3.86. The van der Waals surface area contributed by atoms with Crippen molar-refractivity contribution in [3.05, 3.63) is 64.7 Å². The number of anilines is 3. The Labute approximate surface area is 238 Å². The molecule has 2 aromatic carbocycles. The van der Waals surface area contributed by atoms with Crippen molar-refractivity contribution in [1.29, 1.82) is 0 Å². The molecular formula is C29H36N6O4S. The van der Waals surface area contributed by atoms with E-state index in [9.17, 15) is 14.4 Å². The summed E-state index contributed by atoms with van der Waals surface area (Å²) in [4.78, 5) is 43.6. The Balaban J connectivity index is 1.84. The van der Waals surface area contributed by atoms with E-state index in [1.54, 1.807) is 24.3 Å². The summed E-state index contributed by atoms with van der Waals surface area (Å²) < 4.78 is 9.62. The number of hydrogen-bond donors (Lipinski definition) is 3. The van der Waals surface area contributed by atoms with Gasteiger partial charge in [0, 0.05) is 31.5 Å². The lowest BCUT2D eigenvalue weighted by Crippen LogP contribution is -2.47. The van der Waals surface area contributed by atoms with E-state index in [-0.39, 0.29) is 28.2 Å². The third-order valence-corrected chi connectivity index (χ3v) is 7.83. The molecule has 3 amide bonds. The van der Waals surface area contributed by atoms with Crippen LogP contribution in [0.2, 0.25) is 0 Å². The summed E-state index contributed by atoms with van der Waals surface area (Å²) in [5.41, 5.74) is 13.4. The topological polar surface area (TPSA) is 144 Å². The van der Waals surface area contributed by atoms with Crippen molar-refractivity contribution in [2.24, 2.45) is 5.73 Å². The number of benzene rings is 2. The maximum atomic E-state index is 14.2. The maximum Gasteiger partial charge on any atom is 0.273 e. The number of ether oxygens (including phenoxy) is 1. The van der Waals surface area contributed by atoms with Gasteiger partial charge in [-0.25, -0.2) is 0 Å². The minimum atomic E-state index is -1.03. The molecule has 0 unspecified atom stereocenters. The number of nitrogen functional groups attached to an aromatic ring is 1. The van der Waals surface area contributed by atoms with Gasteiger partial charge in [-0.15, -0.1) is 0 Å². The molecule has 3 aromatic rings. The van der Waals surface area contributed by atoms with Gasteiger partial charge in [-0.1, -0.05) is 31.4 Å². The SMILES string of the molecule is CCOc1ccc(N(C(=O)c2snc(C(N)=O)c2N)[C@H](C(=O)NC2CCCCC2)c2ccc(N(C)C)cc2)cc1. The van der Waals surface area contributed by atoms with Gasteiger partial charge < -0.3 is 26.4 Å². The highest BCUT2D eigenvalue weighted by Gasteiger charge is 2.37. The molecule has 0 aliphatic heterocycles. The molecule has 0 spiro atoms. The molecule has 40 heavy (non-hydrogen) atoms. The second kappa shape index (κ2) is 12.8. The van der Waals surface area contributed by atoms with Crippen LogP contribution >= 0.6 is 11.5 Å². The van der Waals surface area contributed by atoms with Crippen LogP contribution in [0.5, 0.6) is 5.75 Å². The van der Waals surface area contributed by atoms with Crippen molar-refractivity contribution in [2.75, 3.05) is 36.2 Å². The van der Waals surface area contributed by atoms with Gasteiger partial charge in [0.25, 0.3) is 11.8 Å². The zero-order valence-corrected chi connectivity index (χ0v) is 23.9. The van der Waals surface area contributed by atoms with Crippen LogP contribution in [0.4, 0.5) is 17.1 Å². The highest BCUT2D eigenvalue weighted by Crippen LogP contribution is 2.35. The first-order valence-corrected chi connectivity index (χ1v) is 14.2. The molecule has 0 bridgehead atoms. The lowest BCUT2D eigenvalue weighted by Gasteiger charge is -2.33. The third kappa shape index (κ3) is 6.36. The Bertz CT molecular complexity index is 1330. The van der Waals surface area contributed by atoms with Crippen molar-refractivity contribution in [3.63, 3.8) is 0 Å². The van der Waals surface area contributed by atoms with Crippen molar-refractivity contribution in [1.82, 2.24) is 9.69 Å².